The van der Waals surface area contributed by atoms with Crippen molar-refractivity contribution in [1.82, 2.24) is 9.97 Å². The predicted molar refractivity (Wildman–Crippen MR) is 88.9 cm³/mol. The Morgan fingerprint density at radius 3 is 2.78 bits per heavy atom. The van der Waals surface area contributed by atoms with Gasteiger partial charge in [0.1, 0.15) is 5.69 Å². The van der Waals surface area contributed by atoms with Gasteiger partial charge < -0.3 is 15.0 Å². The van der Waals surface area contributed by atoms with E-state index < -0.39 is 0 Å². The number of ether oxygens (including phenoxy) is 1. The van der Waals surface area contributed by atoms with Crippen LogP contribution in [-0.4, -0.2) is 42.2 Å². The number of amides is 1. The van der Waals surface area contributed by atoms with Gasteiger partial charge in [-0.15, -0.1) is 0 Å². The Morgan fingerprint density at radius 2 is 2.00 bits per heavy atom. The van der Waals surface area contributed by atoms with Crippen molar-refractivity contribution >= 4 is 17.5 Å². The molecule has 0 atom stereocenters. The highest BCUT2D eigenvalue weighted by Crippen LogP contribution is 2.17. The van der Waals surface area contributed by atoms with Crippen LogP contribution in [0.5, 0.6) is 0 Å². The second-order valence-corrected chi connectivity index (χ2v) is 5.61. The first-order chi connectivity index (χ1) is 11.1. The minimum absolute atomic E-state index is 0.226. The highest BCUT2D eigenvalue weighted by atomic mass is 16.5. The molecule has 6 nitrogen and oxygen atoms in total. The number of aromatic nitrogens is 2. The summed E-state index contributed by atoms with van der Waals surface area (Å²) in [4.78, 5) is 23.1. The van der Waals surface area contributed by atoms with Gasteiger partial charge in [0, 0.05) is 25.0 Å². The first-order valence-electron chi connectivity index (χ1n) is 7.68. The number of benzene rings is 1. The number of nitrogens with zero attached hydrogens (tertiary/aromatic N) is 3. The minimum atomic E-state index is -0.226. The molecule has 0 unspecified atom stereocenters. The molecule has 1 aliphatic heterocycles. The van der Waals surface area contributed by atoms with E-state index in [9.17, 15) is 4.79 Å². The fraction of sp³-hybridized carbons (Fsp3) is 0.353. The lowest BCUT2D eigenvalue weighted by molar-refractivity contribution is 0.102. The van der Waals surface area contributed by atoms with E-state index in [1.165, 1.54) is 0 Å². The van der Waals surface area contributed by atoms with Crippen molar-refractivity contribution < 1.29 is 9.53 Å². The van der Waals surface area contributed by atoms with Gasteiger partial charge in [0.25, 0.3) is 5.91 Å². The molecule has 0 radical (unpaired) electrons. The van der Waals surface area contributed by atoms with Crippen LogP contribution >= 0.6 is 0 Å². The summed E-state index contributed by atoms with van der Waals surface area (Å²) >= 11 is 0. The van der Waals surface area contributed by atoms with Gasteiger partial charge in [0.05, 0.1) is 13.2 Å². The summed E-state index contributed by atoms with van der Waals surface area (Å²) in [6.07, 6.45) is 1.62. The predicted octanol–water partition coefficient (Wildman–Crippen LogP) is 2.18. The van der Waals surface area contributed by atoms with Crippen molar-refractivity contribution in [2.75, 3.05) is 36.5 Å². The molecule has 1 aliphatic rings. The number of nitrogens with one attached hydrogen (secondary N) is 1. The number of hydrogen-bond donors (Lipinski definition) is 1. The lowest BCUT2D eigenvalue weighted by Gasteiger charge is -2.26. The molecular formula is C17H20N4O2. The molecule has 1 fully saturated rings. The maximum absolute atomic E-state index is 12.5. The van der Waals surface area contributed by atoms with Gasteiger partial charge in [-0.3, -0.25) is 4.79 Å². The van der Waals surface area contributed by atoms with E-state index >= 15 is 0 Å². The van der Waals surface area contributed by atoms with Crippen LogP contribution in [0, 0.1) is 13.8 Å². The van der Waals surface area contributed by atoms with E-state index in [1.54, 1.807) is 12.3 Å². The standard InChI is InChI=1S/C17H20N4O2/c1-12-3-4-13(2)15(11-12)19-16(22)14-5-6-18-17(20-14)21-7-9-23-10-8-21/h3-6,11H,7-10H2,1-2H3,(H,19,22). The van der Waals surface area contributed by atoms with Gasteiger partial charge in [0.2, 0.25) is 5.95 Å². The van der Waals surface area contributed by atoms with Crippen molar-refractivity contribution in [1.29, 1.82) is 0 Å². The minimum Gasteiger partial charge on any atom is -0.378 e. The smallest absolute Gasteiger partial charge is 0.274 e. The molecule has 2 aromatic rings. The van der Waals surface area contributed by atoms with Gasteiger partial charge in [-0.2, -0.15) is 0 Å². The third kappa shape index (κ3) is 3.65. The maximum atomic E-state index is 12.5. The fourth-order valence-corrected chi connectivity index (χ4v) is 2.45. The molecule has 120 valence electrons. The van der Waals surface area contributed by atoms with Gasteiger partial charge in [0.15, 0.2) is 0 Å². The lowest BCUT2D eigenvalue weighted by Crippen LogP contribution is -2.37. The highest BCUT2D eigenvalue weighted by molar-refractivity contribution is 6.03. The quantitative estimate of drug-likeness (QED) is 0.941. The number of carbonyl (C=O) groups is 1. The molecule has 0 saturated carbocycles. The van der Waals surface area contributed by atoms with Crippen LogP contribution in [-0.2, 0) is 4.74 Å². The summed E-state index contributed by atoms with van der Waals surface area (Å²) < 4.78 is 5.33. The van der Waals surface area contributed by atoms with E-state index in [0.29, 0.717) is 24.9 Å². The lowest BCUT2D eigenvalue weighted by atomic mass is 10.1. The Morgan fingerprint density at radius 1 is 1.22 bits per heavy atom. The Hall–Kier alpha value is -2.47. The number of aryl methyl sites for hydroxylation is 2. The van der Waals surface area contributed by atoms with E-state index in [1.807, 2.05) is 36.9 Å². The summed E-state index contributed by atoms with van der Waals surface area (Å²) in [6, 6.07) is 7.60. The molecule has 1 aromatic carbocycles. The van der Waals surface area contributed by atoms with Crippen LogP contribution in [0.2, 0.25) is 0 Å². The normalized spacial score (nSPS) is 14.6. The summed E-state index contributed by atoms with van der Waals surface area (Å²) in [5, 5.41) is 2.93. The zero-order valence-corrected chi connectivity index (χ0v) is 13.4. The number of rotatable bonds is 3. The summed E-state index contributed by atoms with van der Waals surface area (Å²) in [7, 11) is 0. The Kier molecular flexibility index (Phi) is 4.52. The summed E-state index contributed by atoms with van der Waals surface area (Å²) in [6.45, 7) is 6.75. The molecule has 3 rings (SSSR count). The summed E-state index contributed by atoms with van der Waals surface area (Å²) in [5.41, 5.74) is 3.29. The molecule has 0 bridgehead atoms. The van der Waals surface area contributed by atoms with Gasteiger partial charge >= 0.3 is 0 Å². The Bertz CT molecular complexity index is 711. The van der Waals surface area contributed by atoms with E-state index in [-0.39, 0.29) is 5.91 Å². The van der Waals surface area contributed by atoms with Crippen molar-refractivity contribution in [3.63, 3.8) is 0 Å². The molecule has 1 saturated heterocycles. The average Bonchev–Trinajstić information content (AvgIpc) is 2.59. The molecule has 0 aliphatic carbocycles. The van der Waals surface area contributed by atoms with Crippen LogP contribution in [0.3, 0.4) is 0 Å². The molecule has 1 amide bonds. The number of carbonyl (C=O) groups excluding carboxylic acids is 1. The van der Waals surface area contributed by atoms with Crippen LogP contribution in [0.4, 0.5) is 11.6 Å². The summed E-state index contributed by atoms with van der Waals surface area (Å²) in [5.74, 6) is 0.345. The third-order valence-electron chi connectivity index (χ3n) is 3.81. The van der Waals surface area contributed by atoms with Crippen LogP contribution in [0.25, 0.3) is 0 Å². The Balaban J connectivity index is 1.78. The first-order valence-corrected chi connectivity index (χ1v) is 7.68. The topological polar surface area (TPSA) is 67.4 Å². The van der Waals surface area contributed by atoms with Crippen LogP contribution in [0.15, 0.2) is 30.5 Å². The molecule has 23 heavy (non-hydrogen) atoms. The number of hydrogen-bond acceptors (Lipinski definition) is 5. The van der Waals surface area contributed by atoms with Gasteiger partial charge in [-0.25, -0.2) is 9.97 Å². The van der Waals surface area contributed by atoms with Crippen molar-refractivity contribution in [2.24, 2.45) is 0 Å². The van der Waals surface area contributed by atoms with Crippen LogP contribution in [0.1, 0.15) is 21.6 Å². The largest absolute Gasteiger partial charge is 0.378 e. The number of anilines is 2. The highest BCUT2D eigenvalue weighted by Gasteiger charge is 2.16. The Labute approximate surface area is 135 Å². The molecule has 2 heterocycles. The first kappa shape index (κ1) is 15.4. The maximum Gasteiger partial charge on any atom is 0.274 e. The second-order valence-electron chi connectivity index (χ2n) is 5.61. The molecule has 0 spiro atoms. The van der Waals surface area contributed by atoms with Crippen LogP contribution < -0.4 is 10.2 Å². The molecule has 1 N–H and O–H groups in total. The van der Waals surface area contributed by atoms with Crippen molar-refractivity contribution in [3.8, 4) is 0 Å². The zero-order valence-electron chi connectivity index (χ0n) is 13.4. The third-order valence-corrected chi connectivity index (χ3v) is 3.81. The van der Waals surface area contributed by atoms with E-state index in [0.717, 1.165) is 29.9 Å². The average molecular weight is 312 g/mol. The van der Waals surface area contributed by atoms with Gasteiger partial charge in [-0.05, 0) is 37.1 Å². The zero-order chi connectivity index (χ0) is 16.2. The molecular weight excluding hydrogens is 292 g/mol. The number of morpholine rings is 1. The SMILES string of the molecule is Cc1ccc(C)c(NC(=O)c2ccnc(N3CCOCC3)n2)c1. The second kappa shape index (κ2) is 6.75. The van der Waals surface area contributed by atoms with E-state index in [2.05, 4.69) is 15.3 Å². The fourth-order valence-electron chi connectivity index (χ4n) is 2.45. The van der Waals surface area contributed by atoms with Gasteiger partial charge in [-0.1, -0.05) is 12.1 Å². The van der Waals surface area contributed by atoms with Crippen molar-refractivity contribution in [3.05, 3.63) is 47.3 Å². The molecule has 6 heteroatoms. The van der Waals surface area contributed by atoms with Crippen molar-refractivity contribution in [2.45, 2.75) is 13.8 Å². The molecule has 1 aromatic heterocycles. The van der Waals surface area contributed by atoms with E-state index in [4.69, 9.17) is 4.74 Å². The monoisotopic (exact) mass is 312 g/mol.